The molecule has 1 unspecified atom stereocenters. The second-order valence-electron chi connectivity index (χ2n) is 5.60. The monoisotopic (exact) mass is 368 g/mol. The van der Waals surface area contributed by atoms with Crippen LogP contribution in [0.4, 0.5) is 15.6 Å². The Bertz CT molecular complexity index is 867. The second kappa shape index (κ2) is 8.44. The van der Waals surface area contributed by atoms with E-state index in [0.717, 1.165) is 11.4 Å². The Morgan fingerprint density at radius 2 is 1.81 bits per heavy atom. The summed E-state index contributed by atoms with van der Waals surface area (Å²) in [6, 6.07) is 17.0. The summed E-state index contributed by atoms with van der Waals surface area (Å²) < 4.78 is 5.23. The molecule has 0 aliphatic heterocycles. The molecule has 134 valence electrons. The van der Waals surface area contributed by atoms with E-state index >= 15 is 0 Å². The van der Waals surface area contributed by atoms with Crippen molar-refractivity contribution in [3.8, 4) is 5.75 Å². The molecule has 0 saturated carbocycles. The van der Waals surface area contributed by atoms with Crippen molar-refractivity contribution >= 4 is 28.2 Å². The molecule has 3 aromatic rings. The lowest BCUT2D eigenvalue weighted by molar-refractivity contribution is 0.262. The van der Waals surface area contributed by atoms with Gasteiger partial charge >= 0.3 is 6.03 Å². The third-order valence-electron chi connectivity index (χ3n) is 3.92. The van der Waals surface area contributed by atoms with Gasteiger partial charge in [0.25, 0.3) is 0 Å². The van der Waals surface area contributed by atoms with Crippen LogP contribution >= 0.6 is 11.3 Å². The van der Waals surface area contributed by atoms with Crippen LogP contribution in [-0.4, -0.2) is 23.3 Å². The van der Waals surface area contributed by atoms with Crippen LogP contribution in [-0.2, 0) is 0 Å². The Kier molecular flexibility index (Phi) is 5.80. The summed E-state index contributed by atoms with van der Waals surface area (Å²) in [5, 5.41) is 15.2. The van der Waals surface area contributed by atoms with E-state index in [-0.39, 0.29) is 11.9 Å². The molecule has 3 rings (SSSR count). The Morgan fingerprint density at radius 3 is 2.54 bits per heavy atom. The minimum atomic E-state index is -0.384. The van der Waals surface area contributed by atoms with Crippen molar-refractivity contribution in [2.45, 2.75) is 19.3 Å². The third kappa shape index (κ3) is 4.18. The van der Waals surface area contributed by atoms with Crippen LogP contribution in [0.3, 0.4) is 0 Å². The van der Waals surface area contributed by atoms with E-state index in [1.165, 1.54) is 16.9 Å². The maximum atomic E-state index is 12.2. The number of nitrogens with zero attached hydrogens (tertiary/aromatic N) is 2. The highest BCUT2D eigenvalue weighted by Crippen LogP contribution is 2.31. The van der Waals surface area contributed by atoms with Crippen LogP contribution < -0.4 is 15.4 Å². The van der Waals surface area contributed by atoms with Gasteiger partial charge in [-0.25, -0.2) is 4.79 Å². The van der Waals surface area contributed by atoms with E-state index < -0.39 is 0 Å². The van der Waals surface area contributed by atoms with Gasteiger partial charge in [-0.05, 0) is 24.1 Å². The Labute approximate surface area is 156 Å². The first-order valence-corrected chi connectivity index (χ1v) is 9.12. The maximum absolute atomic E-state index is 12.2. The summed E-state index contributed by atoms with van der Waals surface area (Å²) >= 11 is 1.38. The average molecular weight is 368 g/mol. The van der Waals surface area contributed by atoms with Crippen LogP contribution in [0, 0.1) is 0 Å². The highest BCUT2D eigenvalue weighted by atomic mass is 32.1. The quantitative estimate of drug-likeness (QED) is 0.659. The number of rotatable bonds is 6. The number of aromatic nitrogens is 2. The summed E-state index contributed by atoms with van der Waals surface area (Å²) in [6.45, 7) is 2.11. The first-order valence-electron chi connectivity index (χ1n) is 8.30. The van der Waals surface area contributed by atoms with Gasteiger partial charge in [0.1, 0.15) is 10.8 Å². The molecule has 26 heavy (non-hydrogen) atoms. The number of carbonyl (C=O) groups excluding carboxylic acids is 1. The third-order valence-corrected chi connectivity index (χ3v) is 4.88. The highest BCUT2D eigenvalue weighted by molar-refractivity contribution is 7.15. The number of ether oxygens (including phenoxy) is 1. The minimum absolute atomic E-state index is 0.168. The minimum Gasteiger partial charge on any atom is -0.495 e. The first-order chi connectivity index (χ1) is 12.7. The standard InChI is InChI=1S/C19H20N4O2S/c1-3-14(13-9-5-4-6-10-13)17-22-23-19(26-17)21-18(24)20-15-11-7-8-12-16(15)25-2/h4-12,14H,3H2,1-2H3,(H2,20,21,23,24). The van der Waals surface area contributed by atoms with E-state index in [0.29, 0.717) is 16.6 Å². The molecule has 0 bridgehead atoms. The lowest BCUT2D eigenvalue weighted by Crippen LogP contribution is -2.19. The van der Waals surface area contributed by atoms with Crippen molar-refractivity contribution in [3.05, 3.63) is 65.2 Å². The molecular formula is C19H20N4O2S. The second-order valence-corrected chi connectivity index (χ2v) is 6.61. The molecule has 1 atom stereocenters. The van der Waals surface area contributed by atoms with Crippen molar-refractivity contribution in [2.24, 2.45) is 0 Å². The van der Waals surface area contributed by atoms with Crippen LogP contribution in [0.5, 0.6) is 5.75 Å². The molecule has 6 nitrogen and oxygen atoms in total. The number of para-hydroxylation sites is 2. The zero-order valence-electron chi connectivity index (χ0n) is 14.6. The molecule has 0 fully saturated rings. The van der Waals surface area contributed by atoms with Crippen molar-refractivity contribution in [3.63, 3.8) is 0 Å². The van der Waals surface area contributed by atoms with E-state index in [1.54, 1.807) is 19.2 Å². The Hall–Kier alpha value is -2.93. The van der Waals surface area contributed by atoms with Gasteiger partial charge in [-0.3, -0.25) is 5.32 Å². The summed E-state index contributed by atoms with van der Waals surface area (Å²) in [5.74, 6) is 0.761. The summed E-state index contributed by atoms with van der Waals surface area (Å²) in [5.41, 5.74) is 1.78. The molecule has 0 saturated heterocycles. The van der Waals surface area contributed by atoms with Crippen LogP contribution in [0.2, 0.25) is 0 Å². The predicted octanol–water partition coefficient (Wildman–Crippen LogP) is 4.73. The van der Waals surface area contributed by atoms with Crippen molar-refractivity contribution in [1.29, 1.82) is 0 Å². The van der Waals surface area contributed by atoms with Crippen LogP contribution in [0.15, 0.2) is 54.6 Å². The molecule has 0 aliphatic rings. The molecule has 0 radical (unpaired) electrons. The van der Waals surface area contributed by atoms with Gasteiger partial charge in [0, 0.05) is 5.92 Å². The molecule has 7 heteroatoms. The number of hydrogen-bond acceptors (Lipinski definition) is 5. The molecule has 2 amide bonds. The van der Waals surface area contributed by atoms with Gasteiger partial charge in [0.15, 0.2) is 0 Å². The van der Waals surface area contributed by atoms with E-state index in [4.69, 9.17) is 4.74 Å². The molecule has 1 aromatic heterocycles. The van der Waals surface area contributed by atoms with Gasteiger partial charge in [-0.15, -0.1) is 10.2 Å². The fourth-order valence-corrected chi connectivity index (χ4v) is 3.61. The zero-order valence-corrected chi connectivity index (χ0v) is 15.4. The molecule has 1 heterocycles. The van der Waals surface area contributed by atoms with Crippen LogP contribution in [0.1, 0.15) is 29.8 Å². The van der Waals surface area contributed by atoms with Crippen LogP contribution in [0.25, 0.3) is 0 Å². The number of amides is 2. The van der Waals surface area contributed by atoms with Gasteiger partial charge in [-0.1, -0.05) is 60.7 Å². The number of methoxy groups -OCH3 is 1. The lowest BCUT2D eigenvalue weighted by Gasteiger charge is -2.11. The van der Waals surface area contributed by atoms with E-state index in [1.807, 2.05) is 30.3 Å². The van der Waals surface area contributed by atoms with E-state index in [9.17, 15) is 4.79 Å². The van der Waals surface area contributed by atoms with Crippen molar-refractivity contribution in [2.75, 3.05) is 17.7 Å². The average Bonchev–Trinajstić information content (AvgIpc) is 3.11. The molecule has 2 aromatic carbocycles. The van der Waals surface area contributed by atoms with Crippen molar-refractivity contribution in [1.82, 2.24) is 10.2 Å². The fourth-order valence-electron chi connectivity index (χ4n) is 2.66. The number of anilines is 2. The summed E-state index contributed by atoms with van der Waals surface area (Å²) in [6.07, 6.45) is 0.909. The number of urea groups is 1. The van der Waals surface area contributed by atoms with E-state index in [2.05, 4.69) is 39.9 Å². The van der Waals surface area contributed by atoms with Gasteiger partial charge in [-0.2, -0.15) is 0 Å². The number of nitrogens with one attached hydrogen (secondary N) is 2. The molecule has 0 spiro atoms. The Balaban J connectivity index is 1.69. The largest absolute Gasteiger partial charge is 0.495 e. The topological polar surface area (TPSA) is 76.1 Å². The normalized spacial score (nSPS) is 11.6. The lowest BCUT2D eigenvalue weighted by atomic mass is 9.97. The van der Waals surface area contributed by atoms with Gasteiger partial charge in [0.2, 0.25) is 5.13 Å². The Morgan fingerprint density at radius 1 is 1.08 bits per heavy atom. The van der Waals surface area contributed by atoms with Gasteiger partial charge < -0.3 is 10.1 Å². The SMILES string of the molecule is CCC(c1ccccc1)c1nnc(NC(=O)Nc2ccccc2OC)s1. The summed E-state index contributed by atoms with van der Waals surface area (Å²) in [4.78, 5) is 12.2. The molecule has 2 N–H and O–H groups in total. The predicted molar refractivity (Wildman–Crippen MR) is 104 cm³/mol. The number of hydrogen-bond donors (Lipinski definition) is 2. The van der Waals surface area contributed by atoms with Gasteiger partial charge in [0.05, 0.1) is 12.8 Å². The smallest absolute Gasteiger partial charge is 0.325 e. The number of carbonyl (C=O) groups is 1. The van der Waals surface area contributed by atoms with Crippen molar-refractivity contribution < 1.29 is 9.53 Å². The number of benzene rings is 2. The summed E-state index contributed by atoms with van der Waals surface area (Å²) in [7, 11) is 1.56. The molecule has 0 aliphatic carbocycles. The zero-order chi connectivity index (χ0) is 18.4. The highest BCUT2D eigenvalue weighted by Gasteiger charge is 2.18. The maximum Gasteiger partial charge on any atom is 0.325 e. The molecular weight excluding hydrogens is 348 g/mol. The fraction of sp³-hybridized carbons (Fsp3) is 0.211. The first kappa shape index (κ1) is 17.9.